The van der Waals surface area contributed by atoms with Crippen LogP contribution in [-0.4, -0.2) is 28.6 Å². The van der Waals surface area contributed by atoms with Crippen LogP contribution in [0.4, 0.5) is 0 Å². The summed E-state index contributed by atoms with van der Waals surface area (Å²) in [6.45, 7) is 5.87. The van der Waals surface area contributed by atoms with Gasteiger partial charge in [0.15, 0.2) is 0 Å². The highest BCUT2D eigenvalue weighted by molar-refractivity contribution is 7.10. The highest BCUT2D eigenvalue weighted by Crippen LogP contribution is 2.30. The third-order valence-electron chi connectivity index (χ3n) is 2.77. The summed E-state index contributed by atoms with van der Waals surface area (Å²) in [6.07, 6.45) is 1.82. The van der Waals surface area contributed by atoms with Crippen LogP contribution in [0.3, 0.4) is 0 Å². The summed E-state index contributed by atoms with van der Waals surface area (Å²) in [6, 6.07) is 2.18. The Morgan fingerprint density at radius 2 is 2.33 bits per heavy atom. The summed E-state index contributed by atoms with van der Waals surface area (Å²) < 4.78 is 7.16. The van der Waals surface area contributed by atoms with E-state index in [-0.39, 0.29) is 6.04 Å². The van der Waals surface area contributed by atoms with Gasteiger partial charge in [-0.25, -0.2) is 4.68 Å². The van der Waals surface area contributed by atoms with Crippen molar-refractivity contribution in [2.24, 2.45) is 0 Å². The minimum atomic E-state index is 0.124. The number of hydrogen-bond donors (Lipinski definition) is 1. The minimum Gasteiger partial charge on any atom is -0.496 e. The van der Waals surface area contributed by atoms with E-state index < -0.39 is 0 Å². The molecule has 0 fully saturated rings. The molecule has 1 N–H and O–H groups in total. The normalized spacial score (nSPS) is 12.6. The molecule has 0 saturated carbocycles. The average Bonchev–Trinajstić information content (AvgIpc) is 3.04. The number of aryl methyl sites for hydroxylation is 1. The summed E-state index contributed by atoms with van der Waals surface area (Å²) >= 11 is 1.68. The van der Waals surface area contributed by atoms with E-state index in [2.05, 4.69) is 35.5 Å². The van der Waals surface area contributed by atoms with E-state index in [4.69, 9.17) is 4.74 Å². The molecule has 2 aromatic rings. The molecule has 2 heterocycles. The van der Waals surface area contributed by atoms with Gasteiger partial charge in [0.2, 0.25) is 0 Å². The van der Waals surface area contributed by atoms with Gasteiger partial charge in [-0.05, 0) is 19.5 Å². The Hall–Kier alpha value is -1.40. The maximum Gasteiger partial charge on any atom is 0.129 e. The van der Waals surface area contributed by atoms with Crippen molar-refractivity contribution < 1.29 is 4.74 Å². The molecule has 5 nitrogen and oxygen atoms in total. The van der Waals surface area contributed by atoms with E-state index in [0.717, 1.165) is 24.5 Å². The molecule has 1 unspecified atom stereocenters. The first-order valence-electron chi connectivity index (χ1n) is 6.04. The van der Waals surface area contributed by atoms with Crippen molar-refractivity contribution >= 4 is 11.3 Å². The Bertz CT molecular complexity index is 494. The predicted octanol–water partition coefficient (Wildman–Crippen LogP) is 2.07. The smallest absolute Gasteiger partial charge is 0.129 e. The van der Waals surface area contributed by atoms with Crippen LogP contribution in [0.5, 0.6) is 5.75 Å². The molecular formula is C12H18N4OS. The number of rotatable bonds is 6. The zero-order valence-corrected chi connectivity index (χ0v) is 11.7. The Labute approximate surface area is 111 Å². The van der Waals surface area contributed by atoms with Crippen LogP contribution in [0.1, 0.15) is 30.5 Å². The van der Waals surface area contributed by atoms with Gasteiger partial charge in [-0.1, -0.05) is 12.1 Å². The van der Waals surface area contributed by atoms with Gasteiger partial charge in [-0.3, -0.25) is 0 Å². The summed E-state index contributed by atoms with van der Waals surface area (Å²) in [5.41, 5.74) is 1.09. The lowest BCUT2D eigenvalue weighted by molar-refractivity contribution is 0.416. The van der Waals surface area contributed by atoms with Crippen molar-refractivity contribution in [2.45, 2.75) is 26.4 Å². The van der Waals surface area contributed by atoms with Crippen LogP contribution in [0.25, 0.3) is 0 Å². The van der Waals surface area contributed by atoms with E-state index in [0.29, 0.717) is 0 Å². The van der Waals surface area contributed by atoms with E-state index in [1.807, 2.05) is 16.3 Å². The standard InChI is InChI=1S/C12H18N4OS/c1-4-13-12(10-7-14-15-16(10)5-2)11-6-9(17-3)8-18-11/h6-8,12-13H,4-5H2,1-3H3. The van der Waals surface area contributed by atoms with E-state index in [1.165, 1.54) is 4.88 Å². The molecule has 0 aliphatic carbocycles. The monoisotopic (exact) mass is 266 g/mol. The lowest BCUT2D eigenvalue weighted by Gasteiger charge is -2.16. The Morgan fingerprint density at radius 1 is 1.50 bits per heavy atom. The maximum atomic E-state index is 5.24. The predicted molar refractivity (Wildman–Crippen MR) is 72.1 cm³/mol. The van der Waals surface area contributed by atoms with Crippen molar-refractivity contribution in [1.29, 1.82) is 0 Å². The zero-order valence-electron chi connectivity index (χ0n) is 10.9. The number of nitrogens with zero attached hydrogens (tertiary/aromatic N) is 3. The second kappa shape index (κ2) is 5.97. The fourth-order valence-corrected chi connectivity index (χ4v) is 2.82. The zero-order chi connectivity index (χ0) is 13.0. The van der Waals surface area contributed by atoms with Gasteiger partial charge in [-0.15, -0.1) is 16.4 Å². The molecule has 18 heavy (non-hydrogen) atoms. The summed E-state index contributed by atoms with van der Waals surface area (Å²) in [7, 11) is 1.69. The molecule has 0 saturated heterocycles. The van der Waals surface area contributed by atoms with Crippen molar-refractivity contribution in [1.82, 2.24) is 20.3 Å². The number of thiophene rings is 1. The summed E-state index contributed by atoms with van der Waals surface area (Å²) in [5.74, 6) is 0.897. The maximum absolute atomic E-state index is 5.24. The fraction of sp³-hybridized carbons (Fsp3) is 0.500. The van der Waals surface area contributed by atoms with Gasteiger partial charge in [-0.2, -0.15) is 0 Å². The van der Waals surface area contributed by atoms with Gasteiger partial charge in [0.25, 0.3) is 0 Å². The quantitative estimate of drug-likeness (QED) is 0.869. The minimum absolute atomic E-state index is 0.124. The molecule has 0 radical (unpaired) electrons. The topological polar surface area (TPSA) is 52.0 Å². The van der Waals surface area contributed by atoms with Crippen LogP contribution < -0.4 is 10.1 Å². The van der Waals surface area contributed by atoms with Crippen LogP contribution in [0.15, 0.2) is 17.6 Å². The molecule has 0 amide bonds. The number of aromatic nitrogens is 3. The second-order valence-corrected chi connectivity index (χ2v) is 4.80. The molecule has 0 aliphatic rings. The van der Waals surface area contributed by atoms with Gasteiger partial charge in [0.1, 0.15) is 5.75 Å². The summed E-state index contributed by atoms with van der Waals surface area (Å²) in [4.78, 5) is 1.21. The number of hydrogen-bond acceptors (Lipinski definition) is 5. The molecular weight excluding hydrogens is 248 g/mol. The van der Waals surface area contributed by atoms with E-state index in [1.54, 1.807) is 18.4 Å². The first-order chi connectivity index (χ1) is 8.80. The fourth-order valence-electron chi connectivity index (χ4n) is 1.88. The first kappa shape index (κ1) is 13.0. The summed E-state index contributed by atoms with van der Waals surface area (Å²) in [5, 5.41) is 13.6. The first-order valence-corrected chi connectivity index (χ1v) is 6.92. The van der Waals surface area contributed by atoms with Crippen molar-refractivity contribution in [2.75, 3.05) is 13.7 Å². The van der Waals surface area contributed by atoms with Crippen LogP contribution in [0.2, 0.25) is 0 Å². The van der Waals surface area contributed by atoms with Crippen molar-refractivity contribution in [3.05, 3.63) is 28.2 Å². The Balaban J connectivity index is 2.33. The van der Waals surface area contributed by atoms with Crippen LogP contribution in [0, 0.1) is 0 Å². The third-order valence-corrected chi connectivity index (χ3v) is 3.74. The van der Waals surface area contributed by atoms with Crippen LogP contribution >= 0.6 is 11.3 Å². The second-order valence-electron chi connectivity index (χ2n) is 3.85. The number of methoxy groups -OCH3 is 1. The van der Waals surface area contributed by atoms with Crippen LogP contribution in [-0.2, 0) is 6.54 Å². The lowest BCUT2D eigenvalue weighted by atomic mass is 10.1. The van der Waals surface area contributed by atoms with Gasteiger partial charge >= 0.3 is 0 Å². The third kappa shape index (κ3) is 2.54. The molecule has 0 bridgehead atoms. The molecule has 0 spiro atoms. The Kier molecular flexibility index (Phi) is 4.33. The number of ether oxygens (including phenoxy) is 1. The molecule has 0 aliphatic heterocycles. The van der Waals surface area contributed by atoms with Gasteiger partial charge in [0.05, 0.1) is 25.0 Å². The average molecular weight is 266 g/mol. The van der Waals surface area contributed by atoms with Crippen molar-refractivity contribution in [3.63, 3.8) is 0 Å². The van der Waals surface area contributed by atoms with E-state index in [9.17, 15) is 0 Å². The Morgan fingerprint density at radius 3 is 2.94 bits per heavy atom. The van der Waals surface area contributed by atoms with Gasteiger partial charge in [0, 0.05) is 16.8 Å². The molecule has 2 rings (SSSR count). The molecule has 0 aromatic carbocycles. The largest absolute Gasteiger partial charge is 0.496 e. The highest BCUT2D eigenvalue weighted by Gasteiger charge is 2.19. The molecule has 2 aromatic heterocycles. The van der Waals surface area contributed by atoms with Gasteiger partial charge < -0.3 is 10.1 Å². The lowest BCUT2D eigenvalue weighted by Crippen LogP contribution is -2.24. The SMILES string of the molecule is CCNC(c1cc(OC)cs1)c1cnnn1CC. The van der Waals surface area contributed by atoms with E-state index >= 15 is 0 Å². The highest BCUT2D eigenvalue weighted by atomic mass is 32.1. The number of nitrogens with one attached hydrogen (secondary N) is 1. The molecule has 98 valence electrons. The molecule has 1 atom stereocenters. The van der Waals surface area contributed by atoms with Crippen molar-refractivity contribution in [3.8, 4) is 5.75 Å². The molecule has 6 heteroatoms.